The van der Waals surface area contributed by atoms with E-state index in [-0.39, 0.29) is 0 Å². The Morgan fingerprint density at radius 1 is 0.633 bits per heavy atom. The van der Waals surface area contributed by atoms with Gasteiger partial charge in [-0.05, 0) is 82.1 Å². The molecule has 0 aliphatic rings. The Morgan fingerprint density at radius 3 is 1.20 bits per heavy atom. The van der Waals surface area contributed by atoms with Crippen LogP contribution in [-0.4, -0.2) is 52.6 Å². The quantitative estimate of drug-likeness (QED) is 0.467. The standard InChI is InChI=1S/C25H43N2P3/c1-18(2)29(10,19(3)4)24-16-26-14-12-22(24)28(9)23-13-15-27-17-25(23)30(11,20(5)6)21(7)8/h12-21H,1-11H3/q+2. The number of aromatic nitrogens is 2. The lowest BCUT2D eigenvalue weighted by molar-refractivity contribution is 0.998. The molecule has 0 bridgehead atoms. The van der Waals surface area contributed by atoms with Crippen LogP contribution in [0.4, 0.5) is 0 Å². The van der Waals surface area contributed by atoms with Crippen molar-refractivity contribution in [1.29, 1.82) is 0 Å². The summed E-state index contributed by atoms with van der Waals surface area (Å²) in [7, 11) is -3.11. The Labute approximate surface area is 188 Å². The molecule has 2 rings (SSSR count). The summed E-state index contributed by atoms with van der Waals surface area (Å²) >= 11 is 0. The SMILES string of the molecule is CC(C)[P+](C)(c1cnccc1P(C)c1ccncc1[P+](C)(C(C)C)C(C)C)C(C)C. The van der Waals surface area contributed by atoms with Crippen molar-refractivity contribution in [2.75, 3.05) is 20.0 Å². The van der Waals surface area contributed by atoms with Crippen LogP contribution in [0, 0.1) is 0 Å². The number of hydrogen-bond donors (Lipinski definition) is 0. The van der Waals surface area contributed by atoms with Gasteiger partial charge in [-0.25, -0.2) is 0 Å². The molecule has 0 aromatic carbocycles. The van der Waals surface area contributed by atoms with Crippen LogP contribution in [0.5, 0.6) is 0 Å². The Hall–Kier alpha value is -0.410. The molecule has 0 spiro atoms. The Kier molecular flexibility index (Phi) is 8.64. The van der Waals surface area contributed by atoms with Gasteiger partial charge in [0.15, 0.2) is 0 Å². The predicted molar refractivity (Wildman–Crippen MR) is 146 cm³/mol. The summed E-state index contributed by atoms with van der Waals surface area (Å²) in [6.07, 6.45) is 8.40. The second kappa shape index (κ2) is 10.0. The summed E-state index contributed by atoms with van der Waals surface area (Å²) in [4.78, 5) is 9.23. The van der Waals surface area contributed by atoms with Crippen LogP contribution < -0.4 is 21.2 Å². The monoisotopic (exact) mass is 464 g/mol. The van der Waals surface area contributed by atoms with Gasteiger partial charge in [0.25, 0.3) is 0 Å². The third kappa shape index (κ3) is 4.53. The number of nitrogens with zero attached hydrogens (tertiary/aromatic N) is 2. The van der Waals surface area contributed by atoms with Gasteiger partial charge < -0.3 is 0 Å². The molecule has 0 atom stereocenters. The van der Waals surface area contributed by atoms with Crippen molar-refractivity contribution in [2.45, 2.75) is 78.0 Å². The minimum absolute atomic E-state index is 0.464. The molecule has 0 amide bonds. The highest BCUT2D eigenvalue weighted by atomic mass is 31.2. The summed E-state index contributed by atoms with van der Waals surface area (Å²) in [5.41, 5.74) is 2.63. The molecule has 30 heavy (non-hydrogen) atoms. The fourth-order valence-corrected chi connectivity index (χ4v) is 14.7. The van der Waals surface area contributed by atoms with Crippen LogP contribution in [0.3, 0.4) is 0 Å². The molecule has 2 nitrogen and oxygen atoms in total. The molecule has 0 N–H and O–H groups in total. The van der Waals surface area contributed by atoms with Gasteiger partial charge in [-0.3, -0.25) is 9.97 Å². The van der Waals surface area contributed by atoms with Gasteiger partial charge in [0.1, 0.15) is 10.6 Å². The zero-order chi connectivity index (χ0) is 22.9. The highest BCUT2D eigenvalue weighted by Crippen LogP contribution is 2.64. The van der Waals surface area contributed by atoms with E-state index in [9.17, 15) is 0 Å². The van der Waals surface area contributed by atoms with E-state index in [1.54, 1.807) is 10.6 Å². The van der Waals surface area contributed by atoms with Crippen molar-refractivity contribution in [3.63, 3.8) is 0 Å². The van der Waals surface area contributed by atoms with Crippen molar-refractivity contribution < 1.29 is 0 Å². The number of rotatable bonds is 8. The van der Waals surface area contributed by atoms with Crippen molar-refractivity contribution in [2.24, 2.45) is 0 Å². The van der Waals surface area contributed by atoms with Gasteiger partial charge in [0, 0.05) is 23.0 Å². The van der Waals surface area contributed by atoms with E-state index in [1.165, 1.54) is 10.6 Å². The first kappa shape index (κ1) is 25.8. The summed E-state index contributed by atoms with van der Waals surface area (Å²) in [6, 6.07) is 4.63. The maximum absolute atomic E-state index is 4.61. The molecule has 5 heteroatoms. The minimum Gasteiger partial charge on any atom is -0.261 e. The van der Waals surface area contributed by atoms with Gasteiger partial charge in [0.05, 0.1) is 62.9 Å². The fourth-order valence-electron chi connectivity index (χ4n) is 4.50. The van der Waals surface area contributed by atoms with Gasteiger partial charge in [-0.15, -0.1) is 0 Å². The molecule has 0 saturated carbocycles. The maximum Gasteiger partial charge on any atom is 0.120 e. The van der Waals surface area contributed by atoms with Crippen LogP contribution in [0.2, 0.25) is 0 Å². The van der Waals surface area contributed by atoms with E-state index >= 15 is 0 Å². The molecule has 2 heterocycles. The van der Waals surface area contributed by atoms with Crippen LogP contribution in [0.15, 0.2) is 36.9 Å². The first-order valence-corrected chi connectivity index (χ1v) is 17.8. The summed E-state index contributed by atoms with van der Waals surface area (Å²) in [6.45, 7) is 26.8. The minimum atomic E-state index is -1.32. The van der Waals surface area contributed by atoms with E-state index in [4.69, 9.17) is 0 Å². The van der Waals surface area contributed by atoms with Gasteiger partial charge >= 0.3 is 0 Å². The van der Waals surface area contributed by atoms with Gasteiger partial charge in [-0.2, -0.15) is 0 Å². The molecule has 2 aromatic rings. The van der Waals surface area contributed by atoms with Crippen molar-refractivity contribution in [3.05, 3.63) is 36.9 Å². The Balaban J connectivity index is 2.73. The number of hydrogen-bond acceptors (Lipinski definition) is 2. The molecule has 0 fully saturated rings. The second-order valence-corrected chi connectivity index (χ2v) is 21.7. The van der Waals surface area contributed by atoms with E-state index in [0.717, 1.165) is 0 Å². The maximum atomic E-state index is 4.61. The van der Waals surface area contributed by atoms with Crippen molar-refractivity contribution in [1.82, 2.24) is 9.97 Å². The molecule has 0 radical (unpaired) electrons. The molecule has 2 aromatic heterocycles. The third-order valence-corrected chi connectivity index (χ3v) is 21.6. The first-order chi connectivity index (χ1) is 13.9. The van der Waals surface area contributed by atoms with Crippen LogP contribution in [-0.2, 0) is 0 Å². The van der Waals surface area contributed by atoms with Crippen LogP contribution >= 0.6 is 22.4 Å². The highest BCUT2D eigenvalue weighted by molar-refractivity contribution is 7.88. The topological polar surface area (TPSA) is 25.8 Å². The van der Waals surface area contributed by atoms with Gasteiger partial charge in [0.2, 0.25) is 0 Å². The highest BCUT2D eigenvalue weighted by Gasteiger charge is 2.47. The predicted octanol–water partition coefficient (Wildman–Crippen LogP) is 5.72. The second-order valence-electron chi connectivity index (χ2n) is 9.96. The summed E-state index contributed by atoms with van der Waals surface area (Å²) in [5.74, 6) is 0. The largest absolute Gasteiger partial charge is 0.261 e. The average molecular weight is 465 g/mol. The zero-order valence-corrected chi connectivity index (χ0v) is 23.7. The Morgan fingerprint density at radius 2 is 0.933 bits per heavy atom. The van der Waals surface area contributed by atoms with E-state index in [2.05, 4.69) is 110 Å². The normalized spacial score (nSPS) is 13.3. The molecule has 166 valence electrons. The lowest BCUT2D eigenvalue weighted by atomic mass is 10.5. The molecule has 0 aliphatic heterocycles. The molecule has 0 aliphatic carbocycles. The van der Waals surface area contributed by atoms with Crippen LogP contribution in [0.25, 0.3) is 0 Å². The summed E-state index contributed by atoms with van der Waals surface area (Å²) < 4.78 is 0. The van der Waals surface area contributed by atoms with E-state index in [0.29, 0.717) is 22.6 Å². The molecular formula is C25H43N2P3+2. The molecular weight excluding hydrogens is 421 g/mol. The Bertz CT molecular complexity index is 760. The lowest BCUT2D eigenvalue weighted by Crippen LogP contribution is -2.40. The van der Waals surface area contributed by atoms with Crippen molar-refractivity contribution in [3.8, 4) is 0 Å². The number of pyridine rings is 2. The van der Waals surface area contributed by atoms with Gasteiger partial charge in [-0.1, -0.05) is 0 Å². The van der Waals surface area contributed by atoms with E-state index in [1.807, 2.05) is 12.4 Å². The molecule has 0 saturated heterocycles. The fraction of sp³-hybridized carbons (Fsp3) is 0.600. The average Bonchev–Trinajstić information content (AvgIpc) is 2.71. The zero-order valence-electron chi connectivity index (χ0n) is 21.0. The smallest absolute Gasteiger partial charge is 0.120 e. The molecule has 0 unspecified atom stereocenters. The third-order valence-electron chi connectivity index (χ3n) is 7.61. The first-order valence-electron chi connectivity index (χ1n) is 11.2. The summed E-state index contributed by atoms with van der Waals surface area (Å²) in [5, 5.41) is 6.15. The lowest BCUT2D eigenvalue weighted by Gasteiger charge is -2.35. The van der Waals surface area contributed by atoms with E-state index < -0.39 is 22.4 Å². The van der Waals surface area contributed by atoms with Crippen molar-refractivity contribution >= 4 is 43.7 Å². The van der Waals surface area contributed by atoms with Crippen LogP contribution in [0.1, 0.15) is 55.4 Å².